The van der Waals surface area contributed by atoms with Gasteiger partial charge in [-0.2, -0.15) is 0 Å². The molecule has 3 rings (SSSR count). The van der Waals surface area contributed by atoms with E-state index in [1.165, 1.54) is 18.4 Å². The second kappa shape index (κ2) is 7.38. The Morgan fingerprint density at radius 1 is 1.27 bits per heavy atom. The van der Waals surface area contributed by atoms with Crippen LogP contribution >= 0.6 is 0 Å². The number of piperidine rings is 1. The lowest BCUT2D eigenvalue weighted by atomic mass is 10.0. The Hall–Kier alpha value is -1.91. The fourth-order valence-electron chi connectivity index (χ4n) is 2.94. The van der Waals surface area contributed by atoms with Crippen molar-refractivity contribution in [1.29, 1.82) is 0 Å². The minimum Gasteiger partial charge on any atom is -0.455 e. The van der Waals surface area contributed by atoms with E-state index in [2.05, 4.69) is 27.3 Å². The molecule has 4 heteroatoms. The van der Waals surface area contributed by atoms with Gasteiger partial charge >= 0.3 is 0 Å². The Labute approximate surface area is 132 Å². The van der Waals surface area contributed by atoms with E-state index in [-0.39, 0.29) is 0 Å². The first-order chi connectivity index (χ1) is 10.8. The molecule has 1 aliphatic rings. The summed E-state index contributed by atoms with van der Waals surface area (Å²) in [6.45, 7) is 3.17. The maximum Gasteiger partial charge on any atom is 0.145 e. The van der Waals surface area contributed by atoms with Crippen LogP contribution in [0.25, 0.3) is 0 Å². The summed E-state index contributed by atoms with van der Waals surface area (Å²) in [5.74, 6) is 1.70. The Kier molecular flexibility index (Phi) is 5.03. The summed E-state index contributed by atoms with van der Waals surface area (Å²) >= 11 is 0. The molecule has 1 atom stereocenters. The highest BCUT2D eigenvalue weighted by molar-refractivity contribution is 5.37. The Morgan fingerprint density at radius 3 is 3.00 bits per heavy atom. The van der Waals surface area contributed by atoms with Crippen LogP contribution in [0.3, 0.4) is 0 Å². The lowest BCUT2D eigenvalue weighted by Gasteiger charge is -2.32. The zero-order chi connectivity index (χ0) is 15.2. The van der Waals surface area contributed by atoms with Gasteiger partial charge in [0.2, 0.25) is 0 Å². The molecule has 0 radical (unpaired) electrons. The molecule has 0 amide bonds. The quantitative estimate of drug-likeness (QED) is 0.920. The fourth-order valence-corrected chi connectivity index (χ4v) is 2.94. The first-order valence-corrected chi connectivity index (χ1v) is 7.90. The van der Waals surface area contributed by atoms with Gasteiger partial charge in [0.1, 0.15) is 11.5 Å². The number of hydrogen-bond acceptors (Lipinski definition) is 4. The zero-order valence-corrected chi connectivity index (χ0v) is 13.0. The van der Waals surface area contributed by atoms with Crippen LogP contribution in [0.5, 0.6) is 11.5 Å². The topological polar surface area (TPSA) is 37.4 Å². The predicted octanol–water partition coefficient (Wildman–Crippen LogP) is 3.06. The molecule has 2 heterocycles. The van der Waals surface area contributed by atoms with Crippen molar-refractivity contribution in [3.63, 3.8) is 0 Å². The molecular formula is C18H23N3O. The molecule has 1 unspecified atom stereocenters. The molecule has 2 aromatic rings. The van der Waals surface area contributed by atoms with Crippen molar-refractivity contribution in [3.05, 3.63) is 54.4 Å². The molecular weight excluding hydrogens is 274 g/mol. The van der Waals surface area contributed by atoms with Gasteiger partial charge < -0.3 is 10.1 Å². The van der Waals surface area contributed by atoms with E-state index in [1.54, 1.807) is 12.4 Å². The van der Waals surface area contributed by atoms with Gasteiger partial charge in [0.05, 0.1) is 6.20 Å². The van der Waals surface area contributed by atoms with Crippen LogP contribution < -0.4 is 10.1 Å². The molecule has 0 spiro atoms. The molecule has 1 fully saturated rings. The smallest absolute Gasteiger partial charge is 0.145 e. The number of likely N-dealkylation sites (tertiary alicyclic amines) is 1. The third-order valence-corrected chi connectivity index (χ3v) is 4.14. The summed E-state index contributed by atoms with van der Waals surface area (Å²) in [6, 6.07) is 12.7. The van der Waals surface area contributed by atoms with Gasteiger partial charge in [-0.15, -0.1) is 0 Å². The van der Waals surface area contributed by atoms with Crippen LogP contribution in [0.15, 0.2) is 48.8 Å². The van der Waals surface area contributed by atoms with E-state index in [9.17, 15) is 0 Å². The van der Waals surface area contributed by atoms with Crippen molar-refractivity contribution in [3.8, 4) is 11.5 Å². The van der Waals surface area contributed by atoms with E-state index < -0.39 is 0 Å². The van der Waals surface area contributed by atoms with Crippen LogP contribution in [0.4, 0.5) is 0 Å². The molecule has 0 aliphatic carbocycles. The van der Waals surface area contributed by atoms with E-state index in [0.29, 0.717) is 6.04 Å². The van der Waals surface area contributed by atoms with Gasteiger partial charge in [0.25, 0.3) is 0 Å². The molecule has 4 nitrogen and oxygen atoms in total. The Bertz CT molecular complexity index is 588. The van der Waals surface area contributed by atoms with Crippen molar-refractivity contribution >= 4 is 0 Å². The molecule has 1 saturated heterocycles. The van der Waals surface area contributed by atoms with E-state index in [4.69, 9.17) is 4.74 Å². The second-order valence-electron chi connectivity index (χ2n) is 5.76. The molecule has 1 N–H and O–H groups in total. The third kappa shape index (κ3) is 3.84. The number of para-hydroxylation sites is 1. The van der Waals surface area contributed by atoms with Crippen molar-refractivity contribution in [2.45, 2.75) is 25.4 Å². The van der Waals surface area contributed by atoms with Crippen molar-refractivity contribution in [2.24, 2.45) is 0 Å². The average Bonchev–Trinajstić information content (AvgIpc) is 2.58. The molecule has 0 bridgehead atoms. The summed E-state index contributed by atoms with van der Waals surface area (Å²) in [4.78, 5) is 6.60. The third-order valence-electron chi connectivity index (χ3n) is 4.14. The second-order valence-corrected chi connectivity index (χ2v) is 5.76. The lowest BCUT2D eigenvalue weighted by Crippen LogP contribution is -2.43. The van der Waals surface area contributed by atoms with Crippen molar-refractivity contribution in [1.82, 2.24) is 15.2 Å². The number of hydrogen-bond donors (Lipinski definition) is 1. The SMILES string of the molecule is CNC1CCCN(Cc2ccccc2Oc2cccnc2)C1. The molecule has 116 valence electrons. The number of nitrogens with one attached hydrogen (secondary N) is 1. The van der Waals surface area contributed by atoms with E-state index in [0.717, 1.165) is 31.1 Å². The maximum atomic E-state index is 6.00. The number of rotatable bonds is 5. The highest BCUT2D eigenvalue weighted by Crippen LogP contribution is 2.26. The van der Waals surface area contributed by atoms with Crippen LogP contribution in [-0.2, 0) is 6.54 Å². The van der Waals surface area contributed by atoms with Gasteiger partial charge in [-0.1, -0.05) is 18.2 Å². The summed E-state index contributed by atoms with van der Waals surface area (Å²) in [7, 11) is 2.05. The molecule has 1 aromatic heterocycles. The highest BCUT2D eigenvalue weighted by Gasteiger charge is 2.19. The number of pyridine rings is 1. The number of aromatic nitrogens is 1. The minimum atomic E-state index is 0.597. The highest BCUT2D eigenvalue weighted by atomic mass is 16.5. The number of nitrogens with zero attached hydrogens (tertiary/aromatic N) is 2. The van der Waals surface area contributed by atoms with Gasteiger partial charge in [-0.3, -0.25) is 9.88 Å². The monoisotopic (exact) mass is 297 g/mol. The standard InChI is InChI=1S/C18H23N3O/c1-19-16-7-5-11-21(14-16)13-15-6-2-3-9-18(15)22-17-8-4-10-20-12-17/h2-4,6,8-10,12,16,19H,5,7,11,13-14H2,1H3. The van der Waals surface area contributed by atoms with Crippen LogP contribution in [0, 0.1) is 0 Å². The van der Waals surface area contributed by atoms with Gasteiger partial charge in [0.15, 0.2) is 0 Å². The summed E-state index contributed by atoms with van der Waals surface area (Å²) in [5, 5.41) is 3.39. The number of ether oxygens (including phenoxy) is 1. The van der Waals surface area contributed by atoms with Crippen LogP contribution in [0.1, 0.15) is 18.4 Å². The van der Waals surface area contributed by atoms with Crippen LogP contribution in [-0.4, -0.2) is 36.1 Å². The first kappa shape index (κ1) is 15.0. The molecule has 22 heavy (non-hydrogen) atoms. The summed E-state index contributed by atoms with van der Waals surface area (Å²) in [6.07, 6.45) is 6.01. The van der Waals surface area contributed by atoms with Crippen LogP contribution in [0.2, 0.25) is 0 Å². The zero-order valence-electron chi connectivity index (χ0n) is 13.0. The summed E-state index contributed by atoms with van der Waals surface area (Å²) in [5.41, 5.74) is 1.23. The average molecular weight is 297 g/mol. The number of benzene rings is 1. The molecule has 0 saturated carbocycles. The predicted molar refractivity (Wildman–Crippen MR) is 88.1 cm³/mol. The first-order valence-electron chi connectivity index (χ1n) is 7.90. The Balaban J connectivity index is 1.71. The van der Waals surface area contributed by atoms with E-state index >= 15 is 0 Å². The Morgan fingerprint density at radius 2 is 2.18 bits per heavy atom. The van der Waals surface area contributed by atoms with Crippen molar-refractivity contribution < 1.29 is 4.74 Å². The van der Waals surface area contributed by atoms with Gasteiger partial charge in [0, 0.05) is 30.9 Å². The minimum absolute atomic E-state index is 0.597. The van der Waals surface area contributed by atoms with Crippen molar-refractivity contribution in [2.75, 3.05) is 20.1 Å². The lowest BCUT2D eigenvalue weighted by molar-refractivity contribution is 0.186. The normalized spacial score (nSPS) is 19.0. The fraction of sp³-hybridized carbons (Fsp3) is 0.389. The number of likely N-dealkylation sites (N-methyl/N-ethyl adjacent to an activating group) is 1. The van der Waals surface area contributed by atoms with Gasteiger partial charge in [-0.05, 0) is 44.6 Å². The van der Waals surface area contributed by atoms with E-state index in [1.807, 2.05) is 31.3 Å². The maximum absolute atomic E-state index is 6.00. The largest absolute Gasteiger partial charge is 0.455 e. The molecule has 1 aliphatic heterocycles. The van der Waals surface area contributed by atoms with Gasteiger partial charge in [-0.25, -0.2) is 0 Å². The molecule has 1 aromatic carbocycles. The summed E-state index contributed by atoms with van der Waals surface area (Å²) < 4.78 is 6.00.